The molecule has 2 heteroatoms. The number of rotatable bonds is 13. The lowest BCUT2D eigenvalue weighted by Crippen LogP contribution is -2.29. The first-order chi connectivity index (χ1) is 17.3. The third-order valence-corrected chi connectivity index (χ3v) is 7.61. The Hall–Kier alpha value is -2.61. The van der Waals surface area contributed by atoms with Gasteiger partial charge in [0.15, 0.2) is 0 Å². The minimum Gasteiger partial charge on any atom is -0.456 e. The molecule has 1 aliphatic heterocycles. The van der Waals surface area contributed by atoms with Gasteiger partial charge in [-0.25, -0.2) is 4.58 Å². The molecule has 0 fully saturated rings. The third-order valence-electron chi connectivity index (χ3n) is 7.61. The maximum absolute atomic E-state index is 6.55. The van der Waals surface area contributed by atoms with Crippen LogP contribution in [0.1, 0.15) is 90.5 Å². The summed E-state index contributed by atoms with van der Waals surface area (Å²) in [7, 11) is 0. The van der Waals surface area contributed by atoms with E-state index in [2.05, 4.69) is 79.9 Å². The minimum atomic E-state index is 1.01. The second kappa shape index (κ2) is 12.9. The van der Waals surface area contributed by atoms with Crippen LogP contribution < -0.4 is 9.93 Å². The van der Waals surface area contributed by atoms with E-state index in [9.17, 15) is 0 Å². The highest BCUT2D eigenvalue weighted by atomic mass is 16.3. The zero-order valence-electron chi connectivity index (χ0n) is 22.2. The van der Waals surface area contributed by atoms with Gasteiger partial charge in [0.05, 0.1) is 6.07 Å². The van der Waals surface area contributed by atoms with E-state index in [0.717, 1.165) is 30.9 Å². The average Bonchev–Trinajstić information content (AvgIpc) is 2.89. The van der Waals surface area contributed by atoms with Crippen molar-refractivity contribution in [3.63, 3.8) is 0 Å². The molecule has 0 aromatic heterocycles. The molecule has 35 heavy (non-hydrogen) atoms. The Bertz CT molecular complexity index is 1260. The van der Waals surface area contributed by atoms with Crippen molar-refractivity contribution >= 4 is 21.7 Å². The molecule has 2 aliphatic rings. The highest BCUT2D eigenvalue weighted by Gasteiger charge is 2.18. The van der Waals surface area contributed by atoms with Gasteiger partial charge in [0.2, 0.25) is 5.36 Å². The van der Waals surface area contributed by atoms with Gasteiger partial charge in [-0.3, -0.25) is 0 Å². The molecular weight excluding hydrogens is 426 g/mol. The van der Waals surface area contributed by atoms with Gasteiger partial charge >= 0.3 is 0 Å². The summed E-state index contributed by atoms with van der Waals surface area (Å²) in [6, 6.07) is 20.0. The number of unbranched alkanes of at least 4 members (excludes halogenated alkanes) is 9. The van der Waals surface area contributed by atoms with E-state index >= 15 is 0 Å². The fraction of sp³-hybridized carbons (Fsp3) is 0.485. The van der Waals surface area contributed by atoms with Crippen LogP contribution in [-0.2, 0) is 6.42 Å². The highest BCUT2D eigenvalue weighted by molar-refractivity contribution is 6.09. The van der Waals surface area contributed by atoms with Gasteiger partial charge in [0.25, 0.3) is 0 Å². The largest absolute Gasteiger partial charge is 0.456 e. The standard InChI is InChI=1S/C33H44NO/c1-4-7-8-9-10-11-12-13-14-15-20-30-29-23-22-27(34(5-2)6-3)25-32(29)35-31-24-21-26-18-16-17-19-28(26)33(30)31/h16-19,21-25H,4-15,20H2,1-3H3/q+1. The monoisotopic (exact) mass is 470 g/mol. The van der Waals surface area contributed by atoms with E-state index < -0.39 is 0 Å². The van der Waals surface area contributed by atoms with Crippen LogP contribution in [0.4, 0.5) is 0 Å². The summed E-state index contributed by atoms with van der Waals surface area (Å²) in [5.74, 6) is 1.01. The third kappa shape index (κ3) is 6.15. The van der Waals surface area contributed by atoms with E-state index in [1.807, 2.05) is 0 Å². The molecule has 0 atom stereocenters. The van der Waals surface area contributed by atoms with Gasteiger partial charge in [-0.15, -0.1) is 0 Å². The van der Waals surface area contributed by atoms with Crippen molar-refractivity contribution in [1.82, 2.24) is 4.58 Å². The fourth-order valence-electron chi connectivity index (χ4n) is 5.58. The molecule has 0 spiro atoms. The van der Waals surface area contributed by atoms with Gasteiger partial charge in [0, 0.05) is 17.0 Å². The normalized spacial score (nSPS) is 11.6. The quantitative estimate of drug-likeness (QED) is 0.0824. The first-order valence-corrected chi connectivity index (χ1v) is 14.2. The Morgan fingerprint density at radius 2 is 1.37 bits per heavy atom. The van der Waals surface area contributed by atoms with Crippen LogP contribution in [0.5, 0.6) is 0 Å². The SMILES string of the molecule is CCCCCCCCCCCCc1c2ccc(=[N+](CC)CC)cc-2oc2ccc3ccccc3c12. The van der Waals surface area contributed by atoms with Crippen LogP contribution in [-0.4, -0.2) is 13.1 Å². The molecule has 186 valence electrons. The molecule has 2 nitrogen and oxygen atoms in total. The molecule has 1 aliphatic carbocycles. The predicted molar refractivity (Wildman–Crippen MR) is 152 cm³/mol. The second-order valence-corrected chi connectivity index (χ2v) is 10.0. The van der Waals surface area contributed by atoms with Crippen molar-refractivity contribution in [3.8, 4) is 11.3 Å². The summed E-state index contributed by atoms with van der Waals surface area (Å²) in [4.78, 5) is 0. The van der Waals surface area contributed by atoms with E-state index in [0.29, 0.717) is 0 Å². The van der Waals surface area contributed by atoms with Crippen molar-refractivity contribution in [2.24, 2.45) is 0 Å². The maximum Gasteiger partial charge on any atom is 0.203 e. The Morgan fingerprint density at radius 3 is 2.09 bits per heavy atom. The summed E-state index contributed by atoms with van der Waals surface area (Å²) < 4.78 is 8.94. The number of benzene rings is 3. The molecule has 0 N–H and O–H groups in total. The van der Waals surface area contributed by atoms with Crippen molar-refractivity contribution in [3.05, 3.63) is 65.5 Å². The van der Waals surface area contributed by atoms with E-state index in [1.54, 1.807) is 0 Å². The molecule has 2 aromatic rings. The zero-order valence-corrected chi connectivity index (χ0v) is 22.2. The molecule has 0 unspecified atom stereocenters. The Kier molecular flexibility index (Phi) is 9.40. The number of hydrogen-bond donors (Lipinski definition) is 0. The minimum absolute atomic E-state index is 1.01. The molecule has 0 saturated carbocycles. The molecule has 2 aromatic carbocycles. The lowest BCUT2D eigenvalue weighted by Gasteiger charge is -2.16. The van der Waals surface area contributed by atoms with Crippen LogP contribution in [0.25, 0.3) is 33.1 Å². The van der Waals surface area contributed by atoms with Crippen LogP contribution in [0.3, 0.4) is 0 Å². The molecule has 0 bridgehead atoms. The Balaban J connectivity index is 1.59. The lowest BCUT2D eigenvalue weighted by atomic mass is 9.92. The summed E-state index contributed by atoms with van der Waals surface area (Å²) >= 11 is 0. The smallest absolute Gasteiger partial charge is 0.203 e. The van der Waals surface area contributed by atoms with Gasteiger partial charge in [-0.2, -0.15) is 0 Å². The summed E-state index contributed by atoms with van der Waals surface area (Å²) in [6.07, 6.45) is 14.8. The van der Waals surface area contributed by atoms with E-state index in [1.165, 1.54) is 96.9 Å². The number of hydrogen-bond acceptors (Lipinski definition) is 1. The summed E-state index contributed by atoms with van der Waals surface area (Å²) in [6.45, 7) is 8.74. The maximum atomic E-state index is 6.55. The van der Waals surface area contributed by atoms with Gasteiger partial charge < -0.3 is 4.42 Å². The van der Waals surface area contributed by atoms with Crippen molar-refractivity contribution in [1.29, 1.82) is 0 Å². The molecule has 4 rings (SSSR count). The fourth-order valence-corrected chi connectivity index (χ4v) is 5.58. The average molecular weight is 471 g/mol. The predicted octanol–water partition coefficient (Wildman–Crippen LogP) is 8.97. The van der Waals surface area contributed by atoms with Crippen LogP contribution >= 0.6 is 0 Å². The van der Waals surface area contributed by atoms with Gasteiger partial charge in [-0.05, 0) is 55.2 Å². The number of aryl methyl sites for hydroxylation is 1. The lowest BCUT2D eigenvalue weighted by molar-refractivity contribution is 0.556. The first kappa shape index (κ1) is 25.5. The Labute approximate surface area is 212 Å². The summed E-state index contributed by atoms with van der Waals surface area (Å²) in [5.41, 5.74) is 3.75. The number of fused-ring (bicyclic) bond motifs is 4. The second-order valence-electron chi connectivity index (χ2n) is 10.0. The van der Waals surface area contributed by atoms with Gasteiger partial charge in [-0.1, -0.05) is 95.0 Å². The van der Waals surface area contributed by atoms with E-state index in [4.69, 9.17) is 4.42 Å². The van der Waals surface area contributed by atoms with Crippen LogP contribution in [0.15, 0.2) is 59.0 Å². The molecule has 0 amide bonds. The summed E-state index contributed by atoms with van der Waals surface area (Å²) in [5, 5.41) is 5.16. The van der Waals surface area contributed by atoms with E-state index in [-0.39, 0.29) is 0 Å². The topological polar surface area (TPSA) is 16.1 Å². The molecule has 0 saturated heterocycles. The van der Waals surface area contributed by atoms with Crippen molar-refractivity contribution in [2.45, 2.75) is 91.4 Å². The van der Waals surface area contributed by atoms with Gasteiger partial charge in [0.1, 0.15) is 24.4 Å². The Morgan fingerprint density at radius 1 is 0.686 bits per heavy atom. The van der Waals surface area contributed by atoms with Crippen molar-refractivity contribution in [2.75, 3.05) is 13.1 Å². The van der Waals surface area contributed by atoms with Crippen LogP contribution in [0, 0.1) is 0 Å². The molecule has 1 heterocycles. The van der Waals surface area contributed by atoms with Crippen LogP contribution in [0.2, 0.25) is 0 Å². The highest BCUT2D eigenvalue weighted by Crippen LogP contribution is 2.37. The molecule has 0 radical (unpaired) electrons. The molecular formula is C33H44NO+. The number of nitrogens with zero attached hydrogens (tertiary/aromatic N) is 1. The van der Waals surface area contributed by atoms with Crippen molar-refractivity contribution < 1.29 is 4.42 Å². The zero-order chi connectivity index (χ0) is 24.5. The first-order valence-electron chi connectivity index (χ1n) is 14.2.